The predicted molar refractivity (Wildman–Crippen MR) is 134 cm³/mol. The molecule has 0 saturated heterocycles. The first kappa shape index (κ1) is 26.8. The fraction of sp³-hybridized carbons (Fsp3) is 0.208. The lowest BCUT2D eigenvalue weighted by molar-refractivity contribution is -0.113. The van der Waals surface area contributed by atoms with Crippen LogP contribution in [-0.4, -0.2) is 52.6 Å². The minimum Gasteiger partial charge on any atom is -0.484 e. The number of hydrogen-bond acceptors (Lipinski definition) is 9. The molecule has 188 valence electrons. The number of carbonyl (C=O) groups is 3. The number of ether oxygens (including phenoxy) is 3. The van der Waals surface area contributed by atoms with Crippen LogP contribution >= 0.6 is 23.4 Å². The Hall–Kier alpha value is -3.83. The van der Waals surface area contributed by atoms with Crippen LogP contribution in [0.4, 0.5) is 5.69 Å². The Bertz CT molecular complexity index is 1240. The van der Waals surface area contributed by atoms with Crippen molar-refractivity contribution in [2.75, 3.05) is 25.3 Å². The fourth-order valence-corrected chi connectivity index (χ4v) is 4.00. The van der Waals surface area contributed by atoms with E-state index in [-0.39, 0.29) is 35.1 Å². The Balaban J connectivity index is 1.69. The number of halogens is 1. The van der Waals surface area contributed by atoms with Crippen LogP contribution in [0.25, 0.3) is 0 Å². The van der Waals surface area contributed by atoms with Crippen LogP contribution in [0.2, 0.25) is 5.02 Å². The van der Waals surface area contributed by atoms with Crippen molar-refractivity contribution in [1.29, 1.82) is 0 Å². The number of rotatable bonds is 11. The second kappa shape index (κ2) is 12.8. The summed E-state index contributed by atoms with van der Waals surface area (Å²) in [6.07, 6.45) is 1.68. The van der Waals surface area contributed by atoms with E-state index in [0.717, 1.165) is 11.8 Å². The normalized spacial score (nSPS) is 10.4. The monoisotopic (exact) mass is 530 g/mol. The number of para-hydroxylation sites is 1. The molecule has 0 atom stereocenters. The van der Waals surface area contributed by atoms with Crippen LogP contribution in [0, 0.1) is 0 Å². The van der Waals surface area contributed by atoms with Gasteiger partial charge in [0, 0.05) is 12.2 Å². The van der Waals surface area contributed by atoms with E-state index >= 15 is 0 Å². The number of esters is 2. The zero-order valence-electron chi connectivity index (χ0n) is 19.5. The van der Waals surface area contributed by atoms with Crippen molar-refractivity contribution in [2.45, 2.75) is 18.3 Å². The summed E-state index contributed by atoms with van der Waals surface area (Å²) in [5.74, 6) is -0.673. The minimum atomic E-state index is -0.658. The third kappa shape index (κ3) is 6.86. The van der Waals surface area contributed by atoms with Crippen LogP contribution in [-0.2, 0) is 27.4 Å². The molecule has 10 nitrogen and oxygen atoms in total. The molecule has 36 heavy (non-hydrogen) atoms. The number of methoxy groups -OCH3 is 2. The first-order valence-corrected chi connectivity index (χ1v) is 11.9. The van der Waals surface area contributed by atoms with Gasteiger partial charge in [0.05, 0.1) is 36.1 Å². The van der Waals surface area contributed by atoms with Crippen LogP contribution in [0.1, 0.15) is 26.5 Å². The van der Waals surface area contributed by atoms with Crippen LogP contribution < -0.4 is 10.1 Å². The second-order valence-corrected chi connectivity index (χ2v) is 8.49. The van der Waals surface area contributed by atoms with Gasteiger partial charge in [-0.15, -0.1) is 16.8 Å². The Kier molecular flexibility index (Phi) is 9.48. The number of benzene rings is 2. The third-order valence-corrected chi connectivity index (χ3v) is 5.97. The predicted octanol–water partition coefficient (Wildman–Crippen LogP) is 4.00. The maximum atomic E-state index is 12.6. The molecule has 0 aliphatic rings. The third-order valence-electron chi connectivity index (χ3n) is 4.69. The van der Waals surface area contributed by atoms with Crippen molar-refractivity contribution in [3.63, 3.8) is 0 Å². The van der Waals surface area contributed by atoms with Crippen molar-refractivity contribution < 1.29 is 28.6 Å². The van der Waals surface area contributed by atoms with Gasteiger partial charge >= 0.3 is 11.9 Å². The summed E-state index contributed by atoms with van der Waals surface area (Å²) in [5, 5.41) is 12.0. The molecule has 0 spiro atoms. The Morgan fingerprint density at radius 2 is 1.75 bits per heavy atom. The van der Waals surface area contributed by atoms with Crippen LogP contribution in [0.15, 0.2) is 60.3 Å². The smallest absolute Gasteiger partial charge is 0.337 e. The van der Waals surface area contributed by atoms with E-state index in [2.05, 4.69) is 22.1 Å². The highest BCUT2D eigenvalue weighted by atomic mass is 35.5. The first-order valence-electron chi connectivity index (χ1n) is 10.5. The molecule has 3 aromatic rings. The van der Waals surface area contributed by atoms with E-state index in [1.807, 2.05) is 6.07 Å². The van der Waals surface area contributed by atoms with Gasteiger partial charge in [-0.05, 0) is 30.3 Å². The van der Waals surface area contributed by atoms with Gasteiger partial charge in [-0.1, -0.05) is 41.6 Å². The molecular weight excluding hydrogens is 508 g/mol. The Morgan fingerprint density at radius 1 is 1.08 bits per heavy atom. The standard InChI is InChI=1S/C24H23ClN4O6S/c1-4-9-29-20(13-35-19-8-6-5-7-18(19)25)27-28-24(29)36-14-21(30)26-17-11-15(22(31)33-2)10-16(12-17)23(32)34-3/h4-8,10-12H,1,9,13-14H2,2-3H3,(H,26,30). The van der Waals surface area contributed by atoms with E-state index in [4.69, 9.17) is 25.8 Å². The molecule has 2 aromatic carbocycles. The first-order chi connectivity index (χ1) is 17.4. The molecule has 3 rings (SSSR count). The number of thioether (sulfide) groups is 1. The summed E-state index contributed by atoms with van der Waals surface area (Å²) in [4.78, 5) is 36.5. The number of amides is 1. The van der Waals surface area contributed by atoms with E-state index in [9.17, 15) is 14.4 Å². The Morgan fingerprint density at radius 3 is 2.36 bits per heavy atom. The number of carbonyl (C=O) groups excluding carboxylic acids is 3. The van der Waals surface area contributed by atoms with Crippen LogP contribution in [0.3, 0.4) is 0 Å². The van der Waals surface area contributed by atoms with E-state index in [0.29, 0.717) is 28.3 Å². The highest BCUT2D eigenvalue weighted by molar-refractivity contribution is 7.99. The molecule has 0 aliphatic heterocycles. The number of anilines is 1. The lowest BCUT2D eigenvalue weighted by atomic mass is 10.1. The minimum absolute atomic E-state index is 0.0172. The zero-order valence-corrected chi connectivity index (χ0v) is 21.1. The van der Waals surface area contributed by atoms with Crippen molar-refractivity contribution in [1.82, 2.24) is 14.8 Å². The molecular formula is C24H23ClN4O6S. The number of allylic oxidation sites excluding steroid dienone is 1. The summed E-state index contributed by atoms with van der Waals surface area (Å²) in [6, 6.07) is 11.2. The largest absolute Gasteiger partial charge is 0.484 e. The van der Waals surface area contributed by atoms with Gasteiger partial charge in [0.1, 0.15) is 12.4 Å². The molecule has 0 unspecified atom stereocenters. The average molecular weight is 531 g/mol. The number of aromatic nitrogens is 3. The SMILES string of the molecule is C=CCn1c(COc2ccccc2Cl)nnc1SCC(=O)Nc1cc(C(=O)OC)cc(C(=O)OC)c1. The zero-order chi connectivity index (χ0) is 26.1. The average Bonchev–Trinajstić information content (AvgIpc) is 3.27. The van der Waals surface area contributed by atoms with Crippen LogP contribution in [0.5, 0.6) is 5.75 Å². The number of nitrogens with one attached hydrogen (secondary N) is 1. The van der Waals surface area contributed by atoms with Gasteiger partial charge in [0.15, 0.2) is 11.0 Å². The molecule has 1 N–H and O–H groups in total. The highest BCUT2D eigenvalue weighted by Gasteiger charge is 2.17. The number of nitrogens with zero attached hydrogens (tertiary/aromatic N) is 3. The molecule has 1 aromatic heterocycles. The lowest BCUT2D eigenvalue weighted by Crippen LogP contribution is -2.16. The van der Waals surface area contributed by atoms with Gasteiger partial charge in [-0.2, -0.15) is 0 Å². The highest BCUT2D eigenvalue weighted by Crippen LogP contribution is 2.25. The van der Waals surface area contributed by atoms with Crippen molar-refractivity contribution in [3.05, 3.63) is 77.1 Å². The number of hydrogen-bond donors (Lipinski definition) is 1. The van der Waals surface area contributed by atoms with Gasteiger partial charge < -0.3 is 19.5 Å². The molecule has 0 aliphatic carbocycles. The topological polar surface area (TPSA) is 122 Å². The van der Waals surface area contributed by atoms with Crippen molar-refractivity contribution >= 4 is 46.9 Å². The van der Waals surface area contributed by atoms with Gasteiger partial charge in [0.25, 0.3) is 0 Å². The van der Waals surface area contributed by atoms with Gasteiger partial charge in [-0.3, -0.25) is 9.36 Å². The summed E-state index contributed by atoms with van der Waals surface area (Å²) in [5.41, 5.74) is 0.430. The van der Waals surface area contributed by atoms with E-state index in [1.165, 1.54) is 32.4 Å². The summed E-state index contributed by atoms with van der Waals surface area (Å²) >= 11 is 7.29. The molecule has 0 fully saturated rings. The van der Waals surface area contributed by atoms with Crippen molar-refractivity contribution in [2.24, 2.45) is 0 Å². The molecule has 1 amide bonds. The summed E-state index contributed by atoms with van der Waals surface area (Å²) in [7, 11) is 2.43. The second-order valence-electron chi connectivity index (χ2n) is 7.14. The molecule has 0 bridgehead atoms. The fourth-order valence-electron chi connectivity index (χ4n) is 3.05. The maximum Gasteiger partial charge on any atom is 0.337 e. The Labute approximate surface area is 216 Å². The van der Waals surface area contributed by atoms with Gasteiger partial charge in [-0.25, -0.2) is 9.59 Å². The summed E-state index contributed by atoms with van der Waals surface area (Å²) in [6.45, 7) is 4.28. The summed E-state index contributed by atoms with van der Waals surface area (Å²) < 4.78 is 16.9. The van der Waals surface area contributed by atoms with Gasteiger partial charge in [0.2, 0.25) is 5.91 Å². The molecule has 0 radical (unpaired) electrons. The van der Waals surface area contributed by atoms with E-state index in [1.54, 1.807) is 28.8 Å². The van der Waals surface area contributed by atoms with E-state index < -0.39 is 11.9 Å². The van der Waals surface area contributed by atoms with Crippen molar-refractivity contribution in [3.8, 4) is 5.75 Å². The molecule has 0 saturated carbocycles. The maximum absolute atomic E-state index is 12.6. The molecule has 12 heteroatoms. The lowest BCUT2D eigenvalue weighted by Gasteiger charge is -2.11. The molecule has 1 heterocycles. The quantitative estimate of drug-likeness (QED) is 0.222.